The quantitative estimate of drug-likeness (QED) is 0.809. The molecule has 3 rings (SSSR count). The first-order chi connectivity index (χ1) is 8.49. The zero-order valence-corrected chi connectivity index (χ0v) is 10.6. The molecule has 0 spiro atoms. The molecule has 2 nitrogen and oxygen atoms in total. The van der Waals surface area contributed by atoms with Gasteiger partial charge >= 0.3 is 0 Å². The van der Waals surface area contributed by atoms with Crippen molar-refractivity contribution in [1.29, 1.82) is 0 Å². The van der Waals surface area contributed by atoms with Gasteiger partial charge in [-0.2, -0.15) is 0 Å². The SMILES string of the molecule is CC1(C)CCCC1c1nc2c(F)c(F)ccc2[nH]1. The third-order valence-electron chi connectivity index (χ3n) is 4.15. The molecule has 1 unspecified atom stereocenters. The Kier molecular flexibility index (Phi) is 2.44. The summed E-state index contributed by atoms with van der Waals surface area (Å²) < 4.78 is 26.8. The molecule has 1 fully saturated rings. The minimum absolute atomic E-state index is 0.118. The fraction of sp³-hybridized carbons (Fsp3) is 0.500. The standard InChI is InChI=1S/C14H16F2N2/c1-14(2)7-3-4-8(14)13-17-10-6-5-9(15)11(16)12(10)18-13/h5-6,8H,3-4,7H2,1-2H3,(H,17,18). The maximum absolute atomic E-state index is 13.6. The Bertz CT molecular complexity index is 601. The number of rotatable bonds is 1. The van der Waals surface area contributed by atoms with Crippen molar-refractivity contribution in [1.82, 2.24) is 9.97 Å². The van der Waals surface area contributed by atoms with Crippen LogP contribution in [0.5, 0.6) is 0 Å². The molecule has 1 heterocycles. The minimum atomic E-state index is -0.856. The van der Waals surface area contributed by atoms with E-state index in [1.165, 1.54) is 0 Å². The first-order valence-corrected chi connectivity index (χ1v) is 6.33. The van der Waals surface area contributed by atoms with Gasteiger partial charge in [-0.1, -0.05) is 20.3 Å². The van der Waals surface area contributed by atoms with E-state index in [2.05, 4.69) is 23.8 Å². The Labute approximate surface area is 104 Å². The molecule has 2 aromatic rings. The molecule has 18 heavy (non-hydrogen) atoms. The summed E-state index contributed by atoms with van der Waals surface area (Å²) in [6, 6.07) is 2.69. The average Bonchev–Trinajstić information content (AvgIpc) is 2.87. The second-order valence-corrected chi connectivity index (χ2v) is 5.81. The topological polar surface area (TPSA) is 28.7 Å². The molecule has 1 saturated carbocycles. The van der Waals surface area contributed by atoms with Gasteiger partial charge in [0.05, 0.1) is 5.52 Å². The molecule has 1 aromatic carbocycles. The van der Waals surface area contributed by atoms with E-state index in [1.54, 1.807) is 6.07 Å². The Morgan fingerprint density at radius 3 is 2.78 bits per heavy atom. The van der Waals surface area contributed by atoms with E-state index in [9.17, 15) is 8.78 Å². The van der Waals surface area contributed by atoms with Crippen LogP contribution in [-0.2, 0) is 0 Å². The van der Waals surface area contributed by atoms with Crippen LogP contribution in [0.15, 0.2) is 12.1 Å². The van der Waals surface area contributed by atoms with E-state index >= 15 is 0 Å². The zero-order chi connectivity index (χ0) is 12.9. The number of H-pyrrole nitrogens is 1. The third kappa shape index (κ3) is 1.62. The molecule has 1 aliphatic rings. The largest absolute Gasteiger partial charge is 0.342 e. The van der Waals surface area contributed by atoms with Gasteiger partial charge in [0.15, 0.2) is 11.6 Å². The van der Waals surface area contributed by atoms with Gasteiger partial charge in [-0.15, -0.1) is 0 Å². The summed E-state index contributed by atoms with van der Waals surface area (Å²) in [6.45, 7) is 4.41. The van der Waals surface area contributed by atoms with Crippen molar-refractivity contribution in [2.24, 2.45) is 5.41 Å². The Hall–Kier alpha value is -1.45. The molecule has 96 valence electrons. The van der Waals surface area contributed by atoms with Gasteiger partial charge in [-0.05, 0) is 30.4 Å². The van der Waals surface area contributed by atoms with Gasteiger partial charge in [0.2, 0.25) is 0 Å². The van der Waals surface area contributed by atoms with Crippen LogP contribution in [0.3, 0.4) is 0 Å². The van der Waals surface area contributed by atoms with Crippen molar-refractivity contribution >= 4 is 11.0 Å². The second-order valence-electron chi connectivity index (χ2n) is 5.81. The van der Waals surface area contributed by atoms with E-state index in [4.69, 9.17) is 0 Å². The van der Waals surface area contributed by atoms with Crippen LogP contribution < -0.4 is 0 Å². The predicted octanol–water partition coefficient (Wildman–Crippen LogP) is 4.13. The first kappa shape index (κ1) is 11.6. The fourth-order valence-electron chi connectivity index (χ4n) is 3.04. The van der Waals surface area contributed by atoms with Gasteiger partial charge in [-0.25, -0.2) is 13.8 Å². The molecule has 1 aromatic heterocycles. The highest BCUT2D eigenvalue weighted by molar-refractivity contribution is 5.76. The summed E-state index contributed by atoms with van der Waals surface area (Å²) in [5.74, 6) is -0.610. The maximum atomic E-state index is 13.6. The predicted molar refractivity (Wildman–Crippen MR) is 66.4 cm³/mol. The number of nitrogens with zero attached hydrogens (tertiary/aromatic N) is 1. The average molecular weight is 250 g/mol. The lowest BCUT2D eigenvalue weighted by molar-refractivity contribution is 0.323. The van der Waals surface area contributed by atoms with Crippen LogP contribution in [0.25, 0.3) is 11.0 Å². The van der Waals surface area contributed by atoms with Gasteiger partial charge in [0, 0.05) is 5.92 Å². The van der Waals surface area contributed by atoms with Crippen molar-refractivity contribution in [3.05, 3.63) is 29.6 Å². The second kappa shape index (κ2) is 3.77. The first-order valence-electron chi connectivity index (χ1n) is 6.33. The highest BCUT2D eigenvalue weighted by atomic mass is 19.2. The zero-order valence-electron chi connectivity index (χ0n) is 10.6. The number of aromatic nitrogens is 2. The lowest BCUT2D eigenvalue weighted by Gasteiger charge is -2.24. The summed E-state index contributed by atoms with van der Waals surface area (Å²) in [7, 11) is 0. The number of aromatic amines is 1. The number of halogens is 2. The number of benzene rings is 1. The van der Waals surface area contributed by atoms with Crippen LogP contribution in [0.4, 0.5) is 8.78 Å². The molecule has 1 N–H and O–H groups in total. The Morgan fingerprint density at radius 2 is 2.11 bits per heavy atom. The fourth-order valence-corrected chi connectivity index (χ4v) is 3.04. The van der Waals surface area contributed by atoms with Crippen LogP contribution in [0, 0.1) is 17.0 Å². The minimum Gasteiger partial charge on any atom is -0.342 e. The number of hydrogen-bond acceptors (Lipinski definition) is 1. The molecule has 1 atom stereocenters. The van der Waals surface area contributed by atoms with Crippen LogP contribution in [-0.4, -0.2) is 9.97 Å². The molecule has 4 heteroatoms. The van der Waals surface area contributed by atoms with E-state index in [0.29, 0.717) is 11.4 Å². The molecule has 0 radical (unpaired) electrons. The summed E-state index contributed by atoms with van der Waals surface area (Å²) in [4.78, 5) is 7.42. The monoisotopic (exact) mass is 250 g/mol. The van der Waals surface area contributed by atoms with E-state index in [-0.39, 0.29) is 10.9 Å². The lowest BCUT2D eigenvalue weighted by Crippen LogP contribution is -2.16. The van der Waals surface area contributed by atoms with Crippen molar-refractivity contribution in [3.8, 4) is 0 Å². The molecule has 0 aliphatic heterocycles. The Balaban J connectivity index is 2.12. The maximum Gasteiger partial charge on any atom is 0.186 e. The normalized spacial score (nSPS) is 22.8. The van der Waals surface area contributed by atoms with Gasteiger partial charge in [0.1, 0.15) is 11.3 Å². The van der Waals surface area contributed by atoms with Crippen LogP contribution >= 0.6 is 0 Å². The molecule has 0 bridgehead atoms. The molecular formula is C14H16F2N2. The molecule has 1 aliphatic carbocycles. The van der Waals surface area contributed by atoms with E-state index < -0.39 is 11.6 Å². The highest BCUT2D eigenvalue weighted by Crippen LogP contribution is 2.48. The van der Waals surface area contributed by atoms with Gasteiger partial charge < -0.3 is 4.98 Å². The van der Waals surface area contributed by atoms with E-state index in [1.807, 2.05) is 0 Å². The molecular weight excluding hydrogens is 234 g/mol. The van der Waals surface area contributed by atoms with E-state index in [0.717, 1.165) is 31.2 Å². The smallest absolute Gasteiger partial charge is 0.186 e. The van der Waals surface area contributed by atoms with Crippen molar-refractivity contribution in [2.75, 3.05) is 0 Å². The van der Waals surface area contributed by atoms with Crippen LogP contribution in [0.2, 0.25) is 0 Å². The number of fused-ring (bicyclic) bond motifs is 1. The summed E-state index contributed by atoms with van der Waals surface area (Å²) in [6.07, 6.45) is 3.36. The van der Waals surface area contributed by atoms with Gasteiger partial charge in [0.25, 0.3) is 0 Å². The summed E-state index contributed by atoms with van der Waals surface area (Å²) in [5, 5.41) is 0. The number of nitrogens with one attached hydrogen (secondary N) is 1. The van der Waals surface area contributed by atoms with Crippen molar-refractivity contribution < 1.29 is 8.78 Å². The Morgan fingerprint density at radius 1 is 1.33 bits per heavy atom. The van der Waals surface area contributed by atoms with Crippen molar-refractivity contribution in [2.45, 2.75) is 39.0 Å². The number of imidazole rings is 1. The molecule has 0 amide bonds. The number of hydrogen-bond donors (Lipinski definition) is 1. The third-order valence-corrected chi connectivity index (χ3v) is 4.15. The highest BCUT2D eigenvalue weighted by Gasteiger charge is 2.37. The van der Waals surface area contributed by atoms with Crippen LogP contribution in [0.1, 0.15) is 44.9 Å². The molecule has 0 saturated heterocycles. The lowest BCUT2D eigenvalue weighted by atomic mass is 9.81. The van der Waals surface area contributed by atoms with Gasteiger partial charge in [-0.3, -0.25) is 0 Å². The summed E-state index contributed by atoms with van der Waals surface area (Å²) >= 11 is 0. The van der Waals surface area contributed by atoms with Crippen molar-refractivity contribution in [3.63, 3.8) is 0 Å². The summed E-state index contributed by atoms with van der Waals surface area (Å²) in [5.41, 5.74) is 0.863.